The van der Waals surface area contributed by atoms with Crippen LogP contribution in [-0.2, 0) is 11.2 Å². The molecule has 6 nitrogen and oxygen atoms in total. The highest BCUT2D eigenvalue weighted by Crippen LogP contribution is 2.23. The van der Waals surface area contributed by atoms with Crippen LogP contribution in [0.4, 0.5) is 5.69 Å². The Kier molecular flexibility index (Phi) is 7.98. The van der Waals surface area contributed by atoms with E-state index in [1.165, 1.54) is 28.7 Å². The molecular formula is C22H24N4O2S2. The SMILES string of the molecule is Cc1ccc(NC(=O)c2nnc(SCC(=O)NC(C)CCc3ccccc3)s2)cc1. The van der Waals surface area contributed by atoms with Crippen molar-refractivity contribution in [3.05, 3.63) is 70.7 Å². The number of hydrogen-bond acceptors (Lipinski definition) is 6. The molecular weight excluding hydrogens is 416 g/mol. The van der Waals surface area contributed by atoms with Crippen molar-refractivity contribution in [1.82, 2.24) is 15.5 Å². The molecule has 0 bridgehead atoms. The van der Waals surface area contributed by atoms with Crippen LogP contribution in [0.3, 0.4) is 0 Å². The quantitative estimate of drug-likeness (QED) is 0.484. The first-order valence-corrected chi connectivity index (χ1v) is 11.5. The van der Waals surface area contributed by atoms with Crippen molar-refractivity contribution in [2.45, 2.75) is 37.1 Å². The van der Waals surface area contributed by atoms with Crippen molar-refractivity contribution in [2.24, 2.45) is 0 Å². The normalized spacial score (nSPS) is 11.7. The third-order valence-corrected chi connectivity index (χ3v) is 6.41. The van der Waals surface area contributed by atoms with Crippen molar-refractivity contribution >= 4 is 40.6 Å². The molecule has 0 aliphatic carbocycles. The van der Waals surface area contributed by atoms with Crippen molar-refractivity contribution in [3.63, 3.8) is 0 Å². The number of amides is 2. The molecule has 0 radical (unpaired) electrons. The summed E-state index contributed by atoms with van der Waals surface area (Å²) in [5.41, 5.74) is 3.09. The van der Waals surface area contributed by atoms with Crippen LogP contribution in [0.25, 0.3) is 0 Å². The van der Waals surface area contributed by atoms with Crippen LogP contribution < -0.4 is 10.6 Å². The molecule has 2 aromatic carbocycles. The minimum Gasteiger partial charge on any atom is -0.353 e. The number of aromatic nitrogens is 2. The fourth-order valence-electron chi connectivity index (χ4n) is 2.73. The molecule has 0 saturated carbocycles. The fourth-order valence-corrected chi connectivity index (χ4v) is 4.28. The number of thioether (sulfide) groups is 1. The van der Waals surface area contributed by atoms with Gasteiger partial charge in [0.05, 0.1) is 5.75 Å². The Labute approximate surface area is 184 Å². The Balaban J connectivity index is 1.41. The van der Waals surface area contributed by atoms with E-state index in [9.17, 15) is 9.59 Å². The fraction of sp³-hybridized carbons (Fsp3) is 0.273. The second-order valence-corrected chi connectivity index (χ2v) is 9.17. The Hall–Kier alpha value is -2.71. The molecule has 1 unspecified atom stereocenters. The molecule has 3 rings (SSSR count). The highest BCUT2D eigenvalue weighted by Gasteiger charge is 2.15. The van der Waals surface area contributed by atoms with Gasteiger partial charge in [-0.2, -0.15) is 0 Å². The molecule has 1 atom stereocenters. The molecule has 0 aliphatic heterocycles. The molecule has 3 aromatic rings. The summed E-state index contributed by atoms with van der Waals surface area (Å²) in [5, 5.41) is 14.0. The molecule has 30 heavy (non-hydrogen) atoms. The van der Waals surface area contributed by atoms with Gasteiger partial charge in [-0.1, -0.05) is 71.1 Å². The van der Waals surface area contributed by atoms with E-state index in [1.54, 1.807) is 0 Å². The Morgan fingerprint density at radius 3 is 2.53 bits per heavy atom. The van der Waals surface area contributed by atoms with Crippen LogP contribution in [0, 0.1) is 6.92 Å². The maximum atomic E-state index is 12.3. The zero-order valence-corrected chi connectivity index (χ0v) is 18.6. The van der Waals surface area contributed by atoms with Gasteiger partial charge in [0, 0.05) is 11.7 Å². The molecule has 8 heteroatoms. The van der Waals surface area contributed by atoms with E-state index in [0.717, 1.165) is 18.4 Å². The monoisotopic (exact) mass is 440 g/mol. The highest BCUT2D eigenvalue weighted by molar-refractivity contribution is 8.01. The molecule has 2 N–H and O–H groups in total. The van der Waals surface area contributed by atoms with Gasteiger partial charge in [-0.25, -0.2) is 0 Å². The summed E-state index contributed by atoms with van der Waals surface area (Å²) in [7, 11) is 0. The van der Waals surface area contributed by atoms with Crippen LogP contribution in [0.1, 0.15) is 34.3 Å². The first-order valence-electron chi connectivity index (χ1n) is 9.67. The molecule has 0 fully saturated rings. The van der Waals surface area contributed by atoms with Crippen LogP contribution in [0.5, 0.6) is 0 Å². The first-order chi connectivity index (χ1) is 14.5. The molecule has 1 aromatic heterocycles. The number of nitrogens with zero attached hydrogens (tertiary/aromatic N) is 2. The van der Waals surface area contributed by atoms with Gasteiger partial charge < -0.3 is 10.6 Å². The lowest BCUT2D eigenvalue weighted by atomic mass is 10.1. The minimum absolute atomic E-state index is 0.0542. The Bertz CT molecular complexity index is 974. The lowest BCUT2D eigenvalue weighted by molar-refractivity contribution is -0.119. The highest BCUT2D eigenvalue weighted by atomic mass is 32.2. The summed E-state index contributed by atoms with van der Waals surface area (Å²) in [6, 6.07) is 17.8. The van der Waals surface area contributed by atoms with Crippen molar-refractivity contribution in [3.8, 4) is 0 Å². The average Bonchev–Trinajstić information content (AvgIpc) is 3.22. The summed E-state index contributed by atoms with van der Waals surface area (Å²) in [5.74, 6) is -0.118. The van der Waals surface area contributed by atoms with Gasteiger partial charge in [-0.3, -0.25) is 9.59 Å². The van der Waals surface area contributed by atoms with Gasteiger partial charge in [-0.05, 0) is 44.4 Å². The van der Waals surface area contributed by atoms with Gasteiger partial charge in [0.25, 0.3) is 5.91 Å². The van der Waals surface area contributed by atoms with Gasteiger partial charge in [0.15, 0.2) is 4.34 Å². The molecule has 2 amide bonds. The van der Waals surface area contributed by atoms with Crippen molar-refractivity contribution in [1.29, 1.82) is 0 Å². The maximum Gasteiger partial charge on any atom is 0.286 e. The van der Waals surface area contributed by atoms with Crippen molar-refractivity contribution < 1.29 is 9.59 Å². The van der Waals surface area contributed by atoms with E-state index in [0.29, 0.717) is 10.0 Å². The summed E-state index contributed by atoms with van der Waals surface area (Å²) in [6.07, 6.45) is 1.80. The topological polar surface area (TPSA) is 84.0 Å². The lowest BCUT2D eigenvalue weighted by Crippen LogP contribution is -2.34. The summed E-state index contributed by atoms with van der Waals surface area (Å²) >= 11 is 2.46. The Morgan fingerprint density at radius 1 is 1.07 bits per heavy atom. The van der Waals surface area contributed by atoms with Crippen LogP contribution >= 0.6 is 23.1 Å². The zero-order valence-electron chi connectivity index (χ0n) is 16.9. The second-order valence-electron chi connectivity index (χ2n) is 6.97. The minimum atomic E-state index is -0.304. The largest absolute Gasteiger partial charge is 0.353 e. The van der Waals surface area contributed by atoms with E-state index in [-0.39, 0.29) is 28.6 Å². The van der Waals surface area contributed by atoms with E-state index in [1.807, 2.05) is 56.3 Å². The van der Waals surface area contributed by atoms with Crippen LogP contribution in [0.2, 0.25) is 0 Å². The summed E-state index contributed by atoms with van der Waals surface area (Å²) in [6.45, 7) is 3.99. The predicted molar refractivity (Wildman–Crippen MR) is 122 cm³/mol. The van der Waals surface area contributed by atoms with Gasteiger partial charge in [-0.15, -0.1) is 10.2 Å². The number of carbonyl (C=O) groups is 2. The number of benzene rings is 2. The number of nitrogens with one attached hydrogen (secondary N) is 2. The molecule has 1 heterocycles. The molecule has 0 saturated heterocycles. The van der Waals surface area contributed by atoms with Crippen LogP contribution in [-0.4, -0.2) is 33.8 Å². The lowest BCUT2D eigenvalue weighted by Gasteiger charge is -2.13. The molecule has 0 spiro atoms. The van der Waals surface area contributed by atoms with Gasteiger partial charge in [0.1, 0.15) is 0 Å². The number of hydrogen-bond donors (Lipinski definition) is 2. The smallest absolute Gasteiger partial charge is 0.286 e. The summed E-state index contributed by atoms with van der Waals surface area (Å²) < 4.78 is 0.594. The molecule has 0 aliphatic rings. The number of anilines is 1. The standard InChI is InChI=1S/C22H24N4O2S2/c1-15-8-12-18(13-9-15)24-20(28)21-25-26-22(30-21)29-14-19(27)23-16(2)10-11-17-6-4-3-5-7-17/h3-9,12-13,16H,10-11,14H2,1-2H3,(H,23,27)(H,24,28). The predicted octanol–water partition coefficient (Wildman–Crippen LogP) is 4.33. The summed E-state index contributed by atoms with van der Waals surface area (Å²) in [4.78, 5) is 24.5. The van der Waals surface area contributed by atoms with Crippen LogP contribution in [0.15, 0.2) is 58.9 Å². The number of rotatable bonds is 9. The van der Waals surface area contributed by atoms with E-state index in [4.69, 9.17) is 0 Å². The van der Waals surface area contributed by atoms with Gasteiger partial charge >= 0.3 is 0 Å². The number of carbonyl (C=O) groups excluding carboxylic acids is 2. The van der Waals surface area contributed by atoms with E-state index in [2.05, 4.69) is 33.0 Å². The van der Waals surface area contributed by atoms with Gasteiger partial charge in [0.2, 0.25) is 10.9 Å². The maximum absolute atomic E-state index is 12.3. The van der Waals surface area contributed by atoms with E-state index >= 15 is 0 Å². The average molecular weight is 441 g/mol. The third-order valence-electron chi connectivity index (χ3n) is 4.35. The van der Waals surface area contributed by atoms with E-state index < -0.39 is 0 Å². The zero-order chi connectivity index (χ0) is 21.3. The number of aryl methyl sites for hydroxylation is 2. The second kappa shape index (κ2) is 10.9. The van der Waals surface area contributed by atoms with Crippen molar-refractivity contribution in [2.75, 3.05) is 11.1 Å². The molecule has 156 valence electrons. The third kappa shape index (κ3) is 6.96. The Morgan fingerprint density at radius 2 is 1.80 bits per heavy atom. The first kappa shape index (κ1) is 22.0.